The average molecular weight is 253 g/mol. The van der Waals surface area contributed by atoms with Gasteiger partial charge in [0.15, 0.2) is 4.60 Å². The van der Waals surface area contributed by atoms with Gasteiger partial charge in [0.05, 0.1) is 4.92 Å². The maximum absolute atomic E-state index is 12.0. The van der Waals surface area contributed by atoms with Gasteiger partial charge in [0.25, 0.3) is 6.43 Å². The van der Waals surface area contributed by atoms with Gasteiger partial charge in [-0.25, -0.2) is 13.8 Å². The maximum atomic E-state index is 12.0. The van der Waals surface area contributed by atoms with Crippen LogP contribution in [0.2, 0.25) is 0 Å². The zero-order valence-electron chi connectivity index (χ0n) is 6.08. The summed E-state index contributed by atoms with van der Waals surface area (Å²) in [4.78, 5) is 12.9. The number of rotatable bonds is 2. The van der Waals surface area contributed by atoms with Gasteiger partial charge < -0.3 is 0 Å². The van der Waals surface area contributed by atoms with Crippen LogP contribution < -0.4 is 0 Å². The Morgan fingerprint density at radius 3 is 2.54 bits per heavy atom. The third kappa shape index (κ3) is 2.18. The van der Waals surface area contributed by atoms with Crippen LogP contribution in [0.5, 0.6) is 0 Å². The Morgan fingerprint density at radius 2 is 2.15 bits per heavy atom. The highest BCUT2D eigenvalue weighted by atomic mass is 79.9. The fourth-order valence-electron chi connectivity index (χ4n) is 0.699. The van der Waals surface area contributed by atoms with Crippen LogP contribution in [0, 0.1) is 10.1 Å². The summed E-state index contributed by atoms with van der Waals surface area (Å²) in [5, 5.41) is 10.3. The summed E-state index contributed by atoms with van der Waals surface area (Å²) in [6.45, 7) is 0. The van der Waals surface area contributed by atoms with Gasteiger partial charge in [-0.05, 0) is 22.0 Å². The summed E-state index contributed by atoms with van der Waals surface area (Å²) >= 11 is 2.73. The van der Waals surface area contributed by atoms with Crippen molar-refractivity contribution in [3.8, 4) is 0 Å². The number of hydrogen-bond donors (Lipinski definition) is 0. The van der Waals surface area contributed by atoms with Gasteiger partial charge in [-0.15, -0.1) is 0 Å². The lowest BCUT2D eigenvalue weighted by Gasteiger charge is -1.99. The molecule has 0 amide bonds. The first-order chi connectivity index (χ1) is 6.02. The molecule has 0 N–H and O–H groups in total. The molecule has 0 unspecified atom stereocenters. The minimum absolute atomic E-state index is 0.185. The molecule has 0 atom stereocenters. The largest absolute Gasteiger partial charge is 0.301 e. The van der Waals surface area contributed by atoms with Crippen LogP contribution in [0.4, 0.5) is 14.5 Å². The summed E-state index contributed by atoms with van der Waals surface area (Å²) in [5.41, 5.74) is -0.818. The van der Waals surface area contributed by atoms with Gasteiger partial charge >= 0.3 is 5.69 Å². The average Bonchev–Trinajstić information content (AvgIpc) is 2.03. The molecule has 1 rings (SSSR count). The molecule has 1 aromatic rings. The minimum atomic E-state index is -2.72. The van der Waals surface area contributed by atoms with Gasteiger partial charge in [0, 0.05) is 6.07 Å². The zero-order chi connectivity index (χ0) is 10.0. The quantitative estimate of drug-likeness (QED) is 0.462. The van der Waals surface area contributed by atoms with Crippen molar-refractivity contribution < 1.29 is 13.7 Å². The van der Waals surface area contributed by atoms with E-state index in [1.54, 1.807) is 0 Å². The summed E-state index contributed by atoms with van der Waals surface area (Å²) in [6.07, 6.45) is -2.72. The Balaban J connectivity index is 3.13. The smallest absolute Gasteiger partial charge is 0.258 e. The molecule has 1 aromatic heterocycles. The summed E-state index contributed by atoms with van der Waals surface area (Å²) in [5.74, 6) is 0. The van der Waals surface area contributed by atoms with Crippen molar-refractivity contribution in [3.05, 3.63) is 32.5 Å². The van der Waals surface area contributed by atoms with E-state index in [1.807, 2.05) is 0 Å². The summed E-state index contributed by atoms with van der Waals surface area (Å²) < 4.78 is 23.9. The van der Waals surface area contributed by atoms with E-state index in [0.29, 0.717) is 0 Å². The molecule has 0 fully saturated rings. The molecule has 0 saturated carbocycles. The maximum Gasteiger partial charge on any atom is 0.301 e. The molecule has 0 saturated heterocycles. The molecule has 0 aliphatic carbocycles. The Hall–Kier alpha value is -1.11. The lowest BCUT2D eigenvalue weighted by Crippen LogP contribution is -1.95. The Kier molecular flexibility index (Phi) is 2.86. The monoisotopic (exact) mass is 252 g/mol. The Labute approximate surface area is 79.9 Å². The minimum Gasteiger partial charge on any atom is -0.258 e. The van der Waals surface area contributed by atoms with Gasteiger partial charge in [-0.2, -0.15) is 0 Å². The van der Waals surface area contributed by atoms with Crippen molar-refractivity contribution in [2.45, 2.75) is 6.43 Å². The summed E-state index contributed by atoms with van der Waals surface area (Å²) in [6, 6.07) is 1.91. The van der Waals surface area contributed by atoms with E-state index < -0.39 is 17.0 Å². The number of pyridine rings is 1. The fourth-order valence-corrected chi connectivity index (χ4v) is 1.18. The van der Waals surface area contributed by atoms with E-state index in [2.05, 4.69) is 20.9 Å². The summed E-state index contributed by atoms with van der Waals surface area (Å²) in [7, 11) is 0. The molecule has 0 spiro atoms. The fraction of sp³-hybridized carbons (Fsp3) is 0.167. The molecule has 1 heterocycles. The standard InChI is InChI=1S/C6H3BrF2N2O2/c7-5-4(11(12)13)2-1-3(10-5)6(8)9/h1-2,6H. The van der Waals surface area contributed by atoms with Crippen molar-refractivity contribution in [3.63, 3.8) is 0 Å². The molecule has 0 aliphatic rings. The SMILES string of the molecule is O=[N+]([O-])c1ccc(C(F)F)nc1Br. The first-order valence-electron chi connectivity index (χ1n) is 3.11. The lowest BCUT2D eigenvalue weighted by molar-refractivity contribution is -0.386. The van der Waals surface area contributed by atoms with E-state index >= 15 is 0 Å². The van der Waals surface area contributed by atoms with Crippen molar-refractivity contribution >= 4 is 21.6 Å². The molecule has 0 bridgehead atoms. The number of nitrogens with zero attached hydrogens (tertiary/aromatic N) is 2. The van der Waals surface area contributed by atoms with E-state index in [0.717, 1.165) is 12.1 Å². The van der Waals surface area contributed by atoms with Gasteiger partial charge in [0.2, 0.25) is 0 Å². The number of hydrogen-bond acceptors (Lipinski definition) is 3. The normalized spacial score (nSPS) is 10.5. The van der Waals surface area contributed by atoms with Crippen LogP contribution in [0.15, 0.2) is 16.7 Å². The van der Waals surface area contributed by atoms with Crippen LogP contribution in [-0.2, 0) is 0 Å². The molecular weight excluding hydrogens is 250 g/mol. The topological polar surface area (TPSA) is 56.0 Å². The molecular formula is C6H3BrF2N2O2. The van der Waals surface area contributed by atoms with Gasteiger partial charge in [-0.3, -0.25) is 10.1 Å². The van der Waals surface area contributed by atoms with E-state index in [4.69, 9.17) is 0 Å². The predicted octanol–water partition coefficient (Wildman–Crippen LogP) is 2.69. The number of alkyl halides is 2. The van der Waals surface area contributed by atoms with E-state index in [-0.39, 0.29) is 10.3 Å². The van der Waals surface area contributed by atoms with Crippen molar-refractivity contribution in [1.82, 2.24) is 4.98 Å². The Bertz CT molecular complexity index is 345. The van der Waals surface area contributed by atoms with E-state index in [1.165, 1.54) is 0 Å². The predicted molar refractivity (Wildman–Crippen MR) is 43.5 cm³/mol. The second kappa shape index (κ2) is 3.73. The van der Waals surface area contributed by atoms with Crippen LogP contribution in [0.25, 0.3) is 0 Å². The number of aromatic nitrogens is 1. The zero-order valence-corrected chi connectivity index (χ0v) is 7.66. The van der Waals surface area contributed by atoms with Crippen molar-refractivity contribution in [1.29, 1.82) is 0 Å². The molecule has 0 aromatic carbocycles. The highest BCUT2D eigenvalue weighted by Crippen LogP contribution is 2.26. The van der Waals surface area contributed by atoms with Gasteiger partial charge in [-0.1, -0.05) is 0 Å². The second-order valence-electron chi connectivity index (χ2n) is 2.10. The third-order valence-corrected chi connectivity index (χ3v) is 1.85. The number of nitro groups is 1. The third-order valence-electron chi connectivity index (χ3n) is 1.27. The molecule has 7 heteroatoms. The first kappa shape index (κ1) is 9.97. The molecule has 0 aliphatic heterocycles. The van der Waals surface area contributed by atoms with Gasteiger partial charge in [0.1, 0.15) is 5.69 Å². The molecule has 4 nitrogen and oxygen atoms in total. The van der Waals surface area contributed by atoms with Crippen molar-refractivity contribution in [2.24, 2.45) is 0 Å². The molecule has 13 heavy (non-hydrogen) atoms. The van der Waals surface area contributed by atoms with Crippen LogP contribution in [0.1, 0.15) is 12.1 Å². The van der Waals surface area contributed by atoms with Crippen LogP contribution in [0.3, 0.4) is 0 Å². The molecule has 70 valence electrons. The van der Waals surface area contributed by atoms with Crippen molar-refractivity contribution in [2.75, 3.05) is 0 Å². The second-order valence-corrected chi connectivity index (χ2v) is 2.85. The number of halogens is 3. The lowest BCUT2D eigenvalue weighted by atomic mass is 10.3. The van der Waals surface area contributed by atoms with Crippen LogP contribution in [-0.4, -0.2) is 9.91 Å². The Morgan fingerprint density at radius 1 is 1.54 bits per heavy atom. The molecule has 0 radical (unpaired) electrons. The highest BCUT2D eigenvalue weighted by molar-refractivity contribution is 9.10. The van der Waals surface area contributed by atoms with Crippen LogP contribution >= 0.6 is 15.9 Å². The first-order valence-corrected chi connectivity index (χ1v) is 3.90. The van der Waals surface area contributed by atoms with E-state index in [9.17, 15) is 18.9 Å². The highest BCUT2D eigenvalue weighted by Gasteiger charge is 2.16.